The monoisotopic (exact) mass is 205 g/mol. The molecular weight excluding hydrogens is 190 g/mol. The standard InChI is InChI=1S/C12H15NO2/c1-3-9-13(4-2)12(14)8-7-11-6-5-10-15-11/h3,5-8,10H,1,4,9H2,2H3/b8-7+. The number of carbonyl (C=O) groups is 1. The van der Waals surface area contributed by atoms with Crippen LogP contribution in [0.3, 0.4) is 0 Å². The van der Waals surface area contributed by atoms with E-state index in [-0.39, 0.29) is 5.91 Å². The highest BCUT2D eigenvalue weighted by Gasteiger charge is 2.05. The van der Waals surface area contributed by atoms with Gasteiger partial charge in [0, 0.05) is 19.2 Å². The largest absolute Gasteiger partial charge is 0.465 e. The Kier molecular flexibility index (Phi) is 4.41. The van der Waals surface area contributed by atoms with Crippen LogP contribution in [0.15, 0.2) is 41.5 Å². The Balaban J connectivity index is 2.57. The van der Waals surface area contributed by atoms with Crippen LogP contribution in [-0.2, 0) is 4.79 Å². The molecule has 1 rings (SSSR count). The maximum atomic E-state index is 11.6. The summed E-state index contributed by atoms with van der Waals surface area (Å²) in [7, 11) is 0. The van der Waals surface area contributed by atoms with Crippen molar-refractivity contribution in [3.63, 3.8) is 0 Å². The van der Waals surface area contributed by atoms with Gasteiger partial charge in [0.2, 0.25) is 5.91 Å². The van der Waals surface area contributed by atoms with Crippen LogP contribution in [-0.4, -0.2) is 23.9 Å². The average Bonchev–Trinajstić information content (AvgIpc) is 2.75. The van der Waals surface area contributed by atoms with Gasteiger partial charge in [-0.15, -0.1) is 6.58 Å². The lowest BCUT2D eigenvalue weighted by Crippen LogP contribution is -2.29. The Bertz CT molecular complexity index is 339. The molecule has 3 nitrogen and oxygen atoms in total. The molecule has 0 N–H and O–H groups in total. The number of likely N-dealkylation sites (N-methyl/N-ethyl adjacent to an activating group) is 1. The zero-order valence-electron chi connectivity index (χ0n) is 8.85. The summed E-state index contributed by atoms with van der Waals surface area (Å²) in [6.07, 6.45) is 6.45. The van der Waals surface area contributed by atoms with E-state index in [4.69, 9.17) is 4.42 Å². The first-order chi connectivity index (χ1) is 7.27. The Morgan fingerprint density at radius 1 is 1.67 bits per heavy atom. The molecule has 0 fully saturated rings. The third-order valence-electron chi connectivity index (χ3n) is 1.98. The summed E-state index contributed by atoms with van der Waals surface area (Å²) in [5, 5.41) is 0. The van der Waals surface area contributed by atoms with E-state index in [2.05, 4.69) is 6.58 Å². The molecule has 1 aromatic rings. The van der Waals surface area contributed by atoms with E-state index < -0.39 is 0 Å². The highest BCUT2D eigenvalue weighted by atomic mass is 16.3. The predicted molar refractivity (Wildman–Crippen MR) is 60.2 cm³/mol. The number of hydrogen-bond acceptors (Lipinski definition) is 2. The molecule has 0 spiro atoms. The van der Waals surface area contributed by atoms with Crippen LogP contribution in [0.25, 0.3) is 6.08 Å². The molecule has 1 amide bonds. The third kappa shape index (κ3) is 3.46. The summed E-state index contributed by atoms with van der Waals surface area (Å²) in [5.74, 6) is 0.645. The van der Waals surface area contributed by atoms with Crippen molar-refractivity contribution in [1.82, 2.24) is 4.90 Å². The minimum Gasteiger partial charge on any atom is -0.465 e. The number of rotatable bonds is 5. The summed E-state index contributed by atoms with van der Waals surface area (Å²) >= 11 is 0. The van der Waals surface area contributed by atoms with Crippen LogP contribution < -0.4 is 0 Å². The van der Waals surface area contributed by atoms with Crippen molar-refractivity contribution < 1.29 is 9.21 Å². The van der Waals surface area contributed by atoms with Crippen molar-refractivity contribution in [2.45, 2.75) is 6.92 Å². The molecule has 0 radical (unpaired) electrons. The molecule has 3 heteroatoms. The van der Waals surface area contributed by atoms with Crippen LogP contribution in [0.1, 0.15) is 12.7 Å². The highest BCUT2D eigenvalue weighted by molar-refractivity contribution is 5.91. The molecule has 0 saturated heterocycles. The van der Waals surface area contributed by atoms with Gasteiger partial charge >= 0.3 is 0 Å². The summed E-state index contributed by atoms with van der Waals surface area (Å²) in [4.78, 5) is 13.3. The van der Waals surface area contributed by atoms with Gasteiger partial charge in [0.05, 0.1) is 6.26 Å². The molecule has 0 unspecified atom stereocenters. The van der Waals surface area contributed by atoms with Gasteiger partial charge < -0.3 is 9.32 Å². The van der Waals surface area contributed by atoms with Gasteiger partial charge in [-0.3, -0.25) is 4.79 Å². The van der Waals surface area contributed by atoms with Gasteiger partial charge in [-0.25, -0.2) is 0 Å². The maximum Gasteiger partial charge on any atom is 0.246 e. The normalized spacial score (nSPS) is 10.5. The Labute approximate surface area is 89.7 Å². The van der Waals surface area contributed by atoms with Crippen LogP contribution in [0.4, 0.5) is 0 Å². The fourth-order valence-corrected chi connectivity index (χ4v) is 1.18. The number of carbonyl (C=O) groups excluding carboxylic acids is 1. The fraction of sp³-hybridized carbons (Fsp3) is 0.250. The summed E-state index contributed by atoms with van der Waals surface area (Å²) < 4.78 is 5.08. The van der Waals surface area contributed by atoms with E-state index >= 15 is 0 Å². The minimum absolute atomic E-state index is 0.0335. The molecule has 0 aliphatic rings. The Hall–Kier alpha value is -1.77. The summed E-state index contributed by atoms with van der Waals surface area (Å²) in [5.41, 5.74) is 0. The zero-order chi connectivity index (χ0) is 11.1. The Morgan fingerprint density at radius 2 is 2.47 bits per heavy atom. The maximum absolute atomic E-state index is 11.6. The minimum atomic E-state index is -0.0335. The van der Waals surface area contributed by atoms with Gasteiger partial charge in [0.15, 0.2) is 0 Å². The van der Waals surface area contributed by atoms with E-state index in [1.165, 1.54) is 6.08 Å². The van der Waals surface area contributed by atoms with Gasteiger partial charge in [0.25, 0.3) is 0 Å². The quantitative estimate of drug-likeness (QED) is 0.546. The predicted octanol–water partition coefficient (Wildman–Crippen LogP) is 2.33. The second kappa shape index (κ2) is 5.86. The molecular formula is C12H15NO2. The molecule has 0 aliphatic carbocycles. The summed E-state index contributed by atoms with van der Waals surface area (Å²) in [6, 6.07) is 3.58. The molecule has 0 atom stereocenters. The van der Waals surface area contributed by atoms with Crippen LogP contribution in [0, 0.1) is 0 Å². The van der Waals surface area contributed by atoms with Gasteiger partial charge in [-0.2, -0.15) is 0 Å². The lowest BCUT2D eigenvalue weighted by molar-refractivity contribution is -0.125. The van der Waals surface area contributed by atoms with E-state index in [0.717, 1.165) is 0 Å². The van der Waals surface area contributed by atoms with E-state index in [1.54, 1.807) is 35.4 Å². The first kappa shape index (κ1) is 11.3. The molecule has 0 aliphatic heterocycles. The van der Waals surface area contributed by atoms with Crippen molar-refractivity contribution in [1.29, 1.82) is 0 Å². The highest BCUT2D eigenvalue weighted by Crippen LogP contribution is 2.03. The van der Waals surface area contributed by atoms with Crippen molar-refractivity contribution in [3.8, 4) is 0 Å². The first-order valence-electron chi connectivity index (χ1n) is 4.89. The number of amides is 1. The Morgan fingerprint density at radius 3 is 3.00 bits per heavy atom. The molecule has 1 heterocycles. The van der Waals surface area contributed by atoms with Crippen molar-refractivity contribution >= 4 is 12.0 Å². The summed E-state index contributed by atoms with van der Waals surface area (Å²) in [6.45, 7) is 6.78. The zero-order valence-corrected chi connectivity index (χ0v) is 8.85. The first-order valence-corrected chi connectivity index (χ1v) is 4.89. The second-order valence-corrected chi connectivity index (χ2v) is 3.01. The van der Waals surface area contributed by atoms with E-state index in [1.807, 2.05) is 6.92 Å². The van der Waals surface area contributed by atoms with E-state index in [0.29, 0.717) is 18.8 Å². The van der Waals surface area contributed by atoms with Gasteiger partial charge in [-0.05, 0) is 25.1 Å². The van der Waals surface area contributed by atoms with Gasteiger partial charge in [0.1, 0.15) is 5.76 Å². The van der Waals surface area contributed by atoms with Gasteiger partial charge in [-0.1, -0.05) is 6.08 Å². The number of hydrogen-bond donors (Lipinski definition) is 0. The van der Waals surface area contributed by atoms with Crippen LogP contribution >= 0.6 is 0 Å². The molecule has 0 bridgehead atoms. The number of nitrogens with zero attached hydrogens (tertiary/aromatic N) is 1. The topological polar surface area (TPSA) is 33.5 Å². The molecule has 0 aromatic carbocycles. The molecule has 15 heavy (non-hydrogen) atoms. The molecule has 1 aromatic heterocycles. The van der Waals surface area contributed by atoms with Crippen LogP contribution in [0.2, 0.25) is 0 Å². The number of furan rings is 1. The molecule has 80 valence electrons. The van der Waals surface area contributed by atoms with E-state index in [9.17, 15) is 4.79 Å². The SMILES string of the molecule is C=CCN(CC)C(=O)/C=C/c1ccco1. The smallest absolute Gasteiger partial charge is 0.246 e. The lowest BCUT2D eigenvalue weighted by Gasteiger charge is -2.16. The molecule has 0 saturated carbocycles. The average molecular weight is 205 g/mol. The van der Waals surface area contributed by atoms with Crippen molar-refractivity contribution in [2.24, 2.45) is 0 Å². The lowest BCUT2D eigenvalue weighted by atomic mass is 10.3. The van der Waals surface area contributed by atoms with Crippen molar-refractivity contribution in [2.75, 3.05) is 13.1 Å². The van der Waals surface area contributed by atoms with Crippen LogP contribution in [0.5, 0.6) is 0 Å². The third-order valence-corrected chi connectivity index (χ3v) is 1.98. The van der Waals surface area contributed by atoms with Crippen molar-refractivity contribution in [3.05, 3.63) is 42.9 Å². The fourth-order valence-electron chi connectivity index (χ4n) is 1.18. The second-order valence-electron chi connectivity index (χ2n) is 3.01.